The molecule has 0 fully saturated rings. The lowest BCUT2D eigenvalue weighted by atomic mass is 10.1. The van der Waals surface area contributed by atoms with Crippen LogP contribution in [0.4, 0.5) is 32.0 Å². The number of rotatable bonds is 4. The van der Waals surface area contributed by atoms with Crippen LogP contribution >= 0.6 is 23.2 Å². The van der Waals surface area contributed by atoms with Gasteiger partial charge >= 0.3 is 12.4 Å². The Hall–Kier alpha value is -2.19. The number of hydrogen-bond acceptors (Lipinski definition) is 2. The molecule has 0 aliphatic rings. The molecular weight excluding hydrogens is 419 g/mol. The number of hydrogen-bond donors (Lipinski definition) is 1. The topological polar surface area (TPSA) is 29.1 Å². The molecule has 10 heteroatoms. The molecule has 0 amide bonds. The van der Waals surface area contributed by atoms with Gasteiger partial charge in [-0.2, -0.15) is 26.3 Å². The van der Waals surface area contributed by atoms with Crippen molar-refractivity contribution >= 4 is 34.7 Å². The second-order valence-electron chi connectivity index (χ2n) is 5.27. The highest BCUT2D eigenvalue weighted by molar-refractivity contribution is 6.42. The van der Waals surface area contributed by atoms with Crippen molar-refractivity contribution in [3.8, 4) is 0 Å². The average molecular weight is 428 g/mol. The van der Waals surface area contributed by atoms with Crippen LogP contribution in [0.25, 0.3) is 0 Å². The first kappa shape index (κ1) is 21.1. The molecule has 0 aliphatic heterocycles. The molecular formula is C17H9Cl2F6NO. The number of alkyl halides is 6. The summed E-state index contributed by atoms with van der Waals surface area (Å²) in [7, 11) is 0. The van der Waals surface area contributed by atoms with E-state index < -0.39 is 35.0 Å². The van der Waals surface area contributed by atoms with Crippen molar-refractivity contribution in [1.29, 1.82) is 0 Å². The van der Waals surface area contributed by atoms with Gasteiger partial charge < -0.3 is 5.32 Å². The molecule has 1 N–H and O–H groups in total. The molecule has 0 spiro atoms. The van der Waals surface area contributed by atoms with Crippen LogP contribution in [0.2, 0.25) is 10.0 Å². The summed E-state index contributed by atoms with van der Waals surface area (Å²) < 4.78 is 76.7. The molecule has 2 aromatic rings. The molecule has 2 nitrogen and oxygen atoms in total. The molecule has 0 bridgehead atoms. The maximum atomic E-state index is 12.8. The average Bonchev–Trinajstić information content (AvgIpc) is 2.55. The monoisotopic (exact) mass is 427 g/mol. The van der Waals surface area contributed by atoms with Crippen LogP contribution in [-0.2, 0) is 12.4 Å². The van der Waals surface area contributed by atoms with Crippen LogP contribution in [0, 0.1) is 0 Å². The summed E-state index contributed by atoms with van der Waals surface area (Å²) in [5, 5.41) is 2.58. The van der Waals surface area contributed by atoms with E-state index in [-0.39, 0.29) is 21.7 Å². The standard InChI is InChI=1S/C17H9Cl2F6NO/c18-13-2-1-9(5-14(13)19)15(27)3-4-26-12-7-10(16(20,21)22)6-11(8-12)17(23,24)25/h1-8,26H/b4-3+. The lowest BCUT2D eigenvalue weighted by Gasteiger charge is -2.14. The number of benzene rings is 2. The molecule has 0 atom stereocenters. The van der Waals surface area contributed by atoms with Gasteiger partial charge in [0.25, 0.3) is 0 Å². The minimum Gasteiger partial charge on any atom is -0.362 e. The van der Waals surface area contributed by atoms with E-state index in [4.69, 9.17) is 23.2 Å². The Kier molecular flexibility index (Phi) is 6.11. The van der Waals surface area contributed by atoms with Gasteiger partial charge in [0.2, 0.25) is 0 Å². The van der Waals surface area contributed by atoms with Crippen molar-refractivity contribution in [2.75, 3.05) is 5.32 Å². The fourth-order valence-electron chi connectivity index (χ4n) is 2.00. The van der Waals surface area contributed by atoms with Crippen molar-refractivity contribution < 1.29 is 31.1 Å². The molecule has 144 valence electrons. The Morgan fingerprint density at radius 3 is 1.89 bits per heavy atom. The van der Waals surface area contributed by atoms with Crippen molar-refractivity contribution in [3.05, 3.63) is 75.4 Å². The van der Waals surface area contributed by atoms with Gasteiger partial charge in [-0.3, -0.25) is 4.79 Å². The molecule has 0 heterocycles. The van der Waals surface area contributed by atoms with Crippen LogP contribution in [-0.4, -0.2) is 5.78 Å². The first-order chi connectivity index (χ1) is 12.4. The van der Waals surface area contributed by atoms with Gasteiger partial charge in [0.1, 0.15) is 0 Å². The van der Waals surface area contributed by atoms with Gasteiger partial charge in [-0.1, -0.05) is 23.2 Å². The van der Waals surface area contributed by atoms with Crippen LogP contribution in [0.15, 0.2) is 48.7 Å². The summed E-state index contributed by atoms with van der Waals surface area (Å²) in [6.07, 6.45) is -8.05. The van der Waals surface area contributed by atoms with Crippen molar-refractivity contribution in [2.24, 2.45) is 0 Å². The zero-order chi connectivity index (χ0) is 20.4. The van der Waals surface area contributed by atoms with Crippen molar-refractivity contribution in [1.82, 2.24) is 0 Å². The number of nitrogens with one attached hydrogen (secondary N) is 1. The number of ketones is 1. The Bertz CT molecular complexity index is 858. The van der Waals surface area contributed by atoms with Crippen molar-refractivity contribution in [3.63, 3.8) is 0 Å². The minimum atomic E-state index is -4.96. The Balaban J connectivity index is 2.24. The van der Waals surface area contributed by atoms with E-state index in [1.807, 2.05) is 0 Å². The number of halogens is 8. The first-order valence-corrected chi connectivity index (χ1v) is 7.85. The Labute approximate surface area is 159 Å². The fraction of sp³-hybridized carbons (Fsp3) is 0.118. The third kappa shape index (κ3) is 5.64. The summed E-state index contributed by atoms with van der Waals surface area (Å²) in [5.74, 6) is -0.580. The summed E-state index contributed by atoms with van der Waals surface area (Å²) in [4.78, 5) is 12.0. The van der Waals surface area contributed by atoms with E-state index in [2.05, 4.69) is 5.32 Å². The molecule has 0 saturated carbocycles. The van der Waals surface area contributed by atoms with E-state index in [9.17, 15) is 31.1 Å². The smallest absolute Gasteiger partial charge is 0.362 e. The Morgan fingerprint density at radius 2 is 1.41 bits per heavy atom. The van der Waals surface area contributed by atoms with Gasteiger partial charge in [-0.15, -0.1) is 0 Å². The molecule has 0 unspecified atom stereocenters. The molecule has 0 saturated heterocycles. The molecule has 27 heavy (non-hydrogen) atoms. The largest absolute Gasteiger partial charge is 0.416 e. The van der Waals surface area contributed by atoms with E-state index in [0.29, 0.717) is 12.1 Å². The summed E-state index contributed by atoms with van der Waals surface area (Å²) in [6.45, 7) is 0. The van der Waals surface area contributed by atoms with Crippen molar-refractivity contribution in [2.45, 2.75) is 12.4 Å². The highest BCUT2D eigenvalue weighted by Crippen LogP contribution is 2.37. The maximum Gasteiger partial charge on any atom is 0.416 e. The van der Waals surface area contributed by atoms with Gasteiger partial charge in [0.15, 0.2) is 5.78 Å². The molecule has 2 aromatic carbocycles. The quantitative estimate of drug-likeness (QED) is 0.328. The molecule has 0 radical (unpaired) electrons. The van der Waals surface area contributed by atoms with E-state index in [0.717, 1.165) is 12.3 Å². The van der Waals surface area contributed by atoms with E-state index in [1.54, 1.807) is 0 Å². The van der Waals surface area contributed by atoms with Crippen LogP contribution < -0.4 is 5.32 Å². The molecule has 0 aliphatic carbocycles. The van der Waals surface area contributed by atoms with Crippen LogP contribution in [0.3, 0.4) is 0 Å². The summed E-state index contributed by atoms with van der Waals surface area (Å²) in [6, 6.07) is 5.04. The highest BCUT2D eigenvalue weighted by atomic mass is 35.5. The van der Waals surface area contributed by atoms with Crippen LogP contribution in [0.5, 0.6) is 0 Å². The first-order valence-electron chi connectivity index (χ1n) is 7.10. The third-order valence-corrected chi connectivity index (χ3v) is 4.02. The summed E-state index contributed by atoms with van der Waals surface area (Å²) >= 11 is 11.5. The number of anilines is 1. The lowest BCUT2D eigenvalue weighted by Crippen LogP contribution is -2.11. The predicted molar refractivity (Wildman–Crippen MR) is 90.0 cm³/mol. The van der Waals surface area contributed by atoms with Gasteiger partial charge in [-0.25, -0.2) is 0 Å². The SMILES string of the molecule is O=C(/C=C/Nc1cc(C(F)(F)F)cc(C(F)(F)F)c1)c1ccc(Cl)c(Cl)c1. The lowest BCUT2D eigenvalue weighted by molar-refractivity contribution is -0.143. The molecule has 2 rings (SSSR count). The fourth-order valence-corrected chi connectivity index (χ4v) is 2.30. The highest BCUT2D eigenvalue weighted by Gasteiger charge is 2.36. The second-order valence-corrected chi connectivity index (χ2v) is 6.08. The zero-order valence-corrected chi connectivity index (χ0v) is 14.6. The minimum absolute atomic E-state index is 0.00968. The number of carbonyl (C=O) groups excluding carboxylic acids is 1. The maximum absolute atomic E-state index is 12.8. The molecule has 0 aromatic heterocycles. The van der Waals surface area contributed by atoms with Gasteiger partial charge in [-0.05, 0) is 36.4 Å². The predicted octanol–water partition coefficient (Wildman–Crippen LogP) is 6.84. The number of carbonyl (C=O) groups is 1. The van der Waals surface area contributed by atoms with Gasteiger partial charge in [0, 0.05) is 23.5 Å². The van der Waals surface area contributed by atoms with Gasteiger partial charge in [0.05, 0.1) is 21.2 Å². The number of allylic oxidation sites excluding steroid dienone is 1. The Morgan fingerprint density at radius 1 is 0.852 bits per heavy atom. The van der Waals surface area contributed by atoms with Crippen LogP contribution in [0.1, 0.15) is 21.5 Å². The third-order valence-electron chi connectivity index (χ3n) is 3.28. The zero-order valence-electron chi connectivity index (χ0n) is 13.1. The van der Waals surface area contributed by atoms with E-state index >= 15 is 0 Å². The second kappa shape index (κ2) is 7.82. The summed E-state index contributed by atoms with van der Waals surface area (Å²) in [5.41, 5.74) is -3.27. The normalized spacial score (nSPS) is 12.4. The van der Waals surface area contributed by atoms with E-state index in [1.165, 1.54) is 18.2 Å².